The van der Waals surface area contributed by atoms with E-state index in [1.165, 1.54) is 32.3 Å². The summed E-state index contributed by atoms with van der Waals surface area (Å²) < 4.78 is 21.2. The van der Waals surface area contributed by atoms with Gasteiger partial charge in [0, 0.05) is 0 Å². The van der Waals surface area contributed by atoms with Crippen molar-refractivity contribution in [3.63, 3.8) is 0 Å². The van der Waals surface area contributed by atoms with Gasteiger partial charge >= 0.3 is 5.97 Å². The van der Waals surface area contributed by atoms with E-state index in [1.807, 2.05) is 0 Å². The summed E-state index contributed by atoms with van der Waals surface area (Å²) in [5.41, 5.74) is 0.277. The predicted molar refractivity (Wildman–Crippen MR) is 120 cm³/mol. The van der Waals surface area contributed by atoms with E-state index in [2.05, 4.69) is 5.32 Å². The van der Waals surface area contributed by atoms with Crippen molar-refractivity contribution in [2.24, 2.45) is 0 Å². The van der Waals surface area contributed by atoms with Gasteiger partial charge in [0.15, 0.2) is 18.1 Å². The van der Waals surface area contributed by atoms with Crippen molar-refractivity contribution in [3.05, 3.63) is 42.0 Å². The molecule has 1 spiro atoms. The molecule has 1 aliphatic heterocycles. The number of hydrogen-bond acceptors (Lipinski definition) is 7. The van der Waals surface area contributed by atoms with Crippen LogP contribution in [0.4, 0.5) is 11.4 Å². The number of methoxy groups -OCH3 is 3. The SMILES string of the molecule is COc1ccc(C(=O)OCC(=O)N2c3ccccc3NC(=O)C23CCCC3)c(OC)c1OC. The smallest absolute Gasteiger partial charge is 0.342 e. The summed E-state index contributed by atoms with van der Waals surface area (Å²) in [5, 5.41) is 2.92. The molecule has 4 rings (SSSR count). The first-order valence-corrected chi connectivity index (χ1v) is 10.7. The molecule has 1 N–H and O–H groups in total. The van der Waals surface area contributed by atoms with E-state index in [0.717, 1.165) is 12.8 Å². The van der Waals surface area contributed by atoms with Crippen LogP contribution >= 0.6 is 0 Å². The second kappa shape index (κ2) is 9.01. The van der Waals surface area contributed by atoms with E-state index < -0.39 is 24.0 Å². The molecule has 0 bridgehead atoms. The second-order valence-corrected chi connectivity index (χ2v) is 7.90. The van der Waals surface area contributed by atoms with Crippen molar-refractivity contribution in [1.29, 1.82) is 0 Å². The van der Waals surface area contributed by atoms with E-state index in [1.54, 1.807) is 30.3 Å². The van der Waals surface area contributed by atoms with Crippen LogP contribution in [0.15, 0.2) is 36.4 Å². The molecule has 2 aliphatic rings. The molecule has 1 aliphatic carbocycles. The van der Waals surface area contributed by atoms with Gasteiger partial charge in [0.1, 0.15) is 11.1 Å². The van der Waals surface area contributed by atoms with Crippen LogP contribution < -0.4 is 24.4 Å². The van der Waals surface area contributed by atoms with Crippen LogP contribution in [0.1, 0.15) is 36.0 Å². The minimum Gasteiger partial charge on any atom is -0.493 e. The highest BCUT2D eigenvalue weighted by atomic mass is 16.5. The summed E-state index contributed by atoms with van der Waals surface area (Å²) in [6, 6.07) is 10.2. The Morgan fingerprint density at radius 2 is 1.67 bits per heavy atom. The normalized spacial score (nSPS) is 16.1. The maximum absolute atomic E-state index is 13.4. The van der Waals surface area contributed by atoms with Crippen molar-refractivity contribution in [1.82, 2.24) is 0 Å². The molecule has 9 nitrogen and oxygen atoms in total. The Bertz CT molecular complexity index is 1090. The Labute approximate surface area is 191 Å². The van der Waals surface area contributed by atoms with Crippen LogP contribution in [0.5, 0.6) is 17.2 Å². The highest BCUT2D eigenvalue weighted by Gasteiger charge is 2.52. The first-order chi connectivity index (χ1) is 16.0. The summed E-state index contributed by atoms with van der Waals surface area (Å²) in [6.07, 6.45) is 2.77. The lowest BCUT2D eigenvalue weighted by atomic mass is 9.90. The fourth-order valence-corrected chi connectivity index (χ4v) is 4.66. The van der Waals surface area contributed by atoms with Crippen molar-refractivity contribution in [3.8, 4) is 17.2 Å². The van der Waals surface area contributed by atoms with Crippen LogP contribution in [-0.2, 0) is 14.3 Å². The van der Waals surface area contributed by atoms with Crippen LogP contribution in [0, 0.1) is 0 Å². The Morgan fingerprint density at radius 1 is 0.970 bits per heavy atom. The number of ether oxygens (including phenoxy) is 4. The molecule has 0 radical (unpaired) electrons. The molecule has 0 aromatic heterocycles. The lowest BCUT2D eigenvalue weighted by Gasteiger charge is -2.44. The number of carbonyl (C=O) groups is 3. The third-order valence-electron chi connectivity index (χ3n) is 6.17. The van der Waals surface area contributed by atoms with E-state index in [9.17, 15) is 14.4 Å². The Kier molecular flexibility index (Phi) is 6.13. The summed E-state index contributed by atoms with van der Waals surface area (Å²) in [6.45, 7) is -0.528. The Morgan fingerprint density at radius 3 is 2.33 bits per heavy atom. The number of anilines is 2. The molecule has 2 amide bonds. The maximum Gasteiger partial charge on any atom is 0.342 e. The molecule has 2 aromatic carbocycles. The number of rotatable bonds is 6. The largest absolute Gasteiger partial charge is 0.493 e. The van der Waals surface area contributed by atoms with Crippen molar-refractivity contribution < 1.29 is 33.3 Å². The third-order valence-corrected chi connectivity index (χ3v) is 6.17. The topological polar surface area (TPSA) is 103 Å². The predicted octanol–water partition coefficient (Wildman–Crippen LogP) is 3.17. The third kappa shape index (κ3) is 3.73. The standard InChI is InChI=1S/C24H26N2O7/c1-30-18-11-10-15(20(31-2)21(18)32-3)22(28)33-14-19(27)26-17-9-5-4-8-16(17)25-23(29)24(26)12-6-7-13-24/h4-5,8-11H,6-7,12-14H2,1-3H3,(H,25,29). The van der Waals surface area contributed by atoms with Gasteiger partial charge in [-0.05, 0) is 37.1 Å². The lowest BCUT2D eigenvalue weighted by Crippen LogP contribution is -2.61. The number of para-hydroxylation sites is 2. The van der Waals surface area contributed by atoms with Gasteiger partial charge in [0.2, 0.25) is 5.75 Å². The molecular weight excluding hydrogens is 428 g/mol. The van der Waals surface area contributed by atoms with Gasteiger partial charge in [-0.3, -0.25) is 14.5 Å². The molecule has 9 heteroatoms. The summed E-state index contributed by atoms with van der Waals surface area (Å²) in [4.78, 5) is 40.7. The number of carbonyl (C=O) groups excluding carboxylic acids is 3. The van der Waals surface area contributed by atoms with Gasteiger partial charge in [0.05, 0.1) is 32.7 Å². The van der Waals surface area contributed by atoms with Gasteiger partial charge in [-0.25, -0.2) is 4.79 Å². The molecule has 1 heterocycles. The molecule has 1 saturated carbocycles. The zero-order valence-electron chi connectivity index (χ0n) is 18.8. The average Bonchev–Trinajstić information content (AvgIpc) is 3.32. The first kappa shape index (κ1) is 22.4. The van der Waals surface area contributed by atoms with Crippen molar-refractivity contribution in [2.75, 3.05) is 38.2 Å². The molecule has 1 fully saturated rings. The van der Waals surface area contributed by atoms with Gasteiger partial charge in [-0.1, -0.05) is 25.0 Å². The Balaban J connectivity index is 1.60. The van der Waals surface area contributed by atoms with Crippen LogP contribution in [0.25, 0.3) is 0 Å². The van der Waals surface area contributed by atoms with E-state index in [0.29, 0.717) is 30.0 Å². The second-order valence-electron chi connectivity index (χ2n) is 7.90. The lowest BCUT2D eigenvalue weighted by molar-refractivity contribution is -0.129. The zero-order chi connectivity index (χ0) is 23.6. The monoisotopic (exact) mass is 454 g/mol. The van der Waals surface area contributed by atoms with Crippen LogP contribution in [0.3, 0.4) is 0 Å². The number of esters is 1. The van der Waals surface area contributed by atoms with Gasteiger partial charge < -0.3 is 24.3 Å². The molecule has 0 unspecified atom stereocenters. The van der Waals surface area contributed by atoms with Gasteiger partial charge in [0.25, 0.3) is 11.8 Å². The Hall–Kier alpha value is -3.75. The molecule has 0 atom stereocenters. The molecular formula is C24H26N2O7. The van der Waals surface area contributed by atoms with Gasteiger partial charge in [-0.15, -0.1) is 0 Å². The highest BCUT2D eigenvalue weighted by molar-refractivity contribution is 6.15. The summed E-state index contributed by atoms with van der Waals surface area (Å²) in [7, 11) is 4.30. The molecule has 2 aromatic rings. The van der Waals surface area contributed by atoms with Gasteiger partial charge in [-0.2, -0.15) is 0 Å². The number of nitrogens with one attached hydrogen (secondary N) is 1. The van der Waals surface area contributed by atoms with E-state index in [-0.39, 0.29) is 23.0 Å². The minimum absolute atomic E-state index is 0.0929. The quantitative estimate of drug-likeness (QED) is 0.669. The zero-order valence-corrected chi connectivity index (χ0v) is 18.8. The summed E-state index contributed by atoms with van der Waals surface area (Å²) >= 11 is 0. The minimum atomic E-state index is -0.973. The summed E-state index contributed by atoms with van der Waals surface area (Å²) in [5.74, 6) is -0.652. The van der Waals surface area contributed by atoms with E-state index >= 15 is 0 Å². The molecule has 33 heavy (non-hydrogen) atoms. The van der Waals surface area contributed by atoms with Crippen molar-refractivity contribution >= 4 is 29.2 Å². The number of benzene rings is 2. The average molecular weight is 454 g/mol. The fourth-order valence-electron chi connectivity index (χ4n) is 4.66. The number of fused-ring (bicyclic) bond motifs is 1. The highest BCUT2D eigenvalue weighted by Crippen LogP contribution is 2.45. The number of amides is 2. The number of nitrogens with zero attached hydrogens (tertiary/aromatic N) is 1. The first-order valence-electron chi connectivity index (χ1n) is 10.7. The van der Waals surface area contributed by atoms with Crippen LogP contribution in [0.2, 0.25) is 0 Å². The molecule has 174 valence electrons. The van der Waals surface area contributed by atoms with Crippen molar-refractivity contribution in [2.45, 2.75) is 31.2 Å². The number of hydrogen-bond donors (Lipinski definition) is 1. The van der Waals surface area contributed by atoms with Crippen LogP contribution in [-0.4, -0.2) is 51.3 Å². The van der Waals surface area contributed by atoms with E-state index in [4.69, 9.17) is 18.9 Å². The fraction of sp³-hybridized carbons (Fsp3) is 0.375. The molecule has 0 saturated heterocycles. The maximum atomic E-state index is 13.4.